The van der Waals surface area contributed by atoms with Crippen molar-refractivity contribution in [1.82, 2.24) is 5.32 Å². The first kappa shape index (κ1) is 8.01. The second-order valence-electron chi connectivity index (χ2n) is 3.47. The quantitative estimate of drug-likeness (QED) is 0.582. The topological polar surface area (TPSA) is 58.6 Å². The van der Waals surface area contributed by atoms with Crippen molar-refractivity contribution in [3.8, 4) is 0 Å². The fourth-order valence-electron chi connectivity index (χ4n) is 1.99. The highest BCUT2D eigenvalue weighted by atomic mass is 16.5. The van der Waals surface area contributed by atoms with E-state index in [4.69, 9.17) is 9.84 Å². The third-order valence-corrected chi connectivity index (χ3v) is 2.64. The number of carboxylic acid groups (broad SMARTS) is 1. The summed E-state index contributed by atoms with van der Waals surface area (Å²) in [5.74, 6) is -0.805. The zero-order chi connectivity index (χ0) is 8.55. The molecule has 4 heteroatoms. The molecule has 1 aliphatic heterocycles. The van der Waals surface area contributed by atoms with E-state index in [0.717, 1.165) is 19.3 Å². The van der Waals surface area contributed by atoms with Crippen LogP contribution >= 0.6 is 0 Å². The first-order valence-electron chi connectivity index (χ1n) is 4.38. The Kier molecular flexibility index (Phi) is 2.02. The van der Waals surface area contributed by atoms with Gasteiger partial charge in [0.2, 0.25) is 0 Å². The molecule has 0 spiro atoms. The van der Waals surface area contributed by atoms with Crippen LogP contribution in [-0.4, -0.2) is 35.9 Å². The van der Waals surface area contributed by atoms with E-state index >= 15 is 0 Å². The summed E-state index contributed by atoms with van der Waals surface area (Å²) in [5.41, 5.74) is 0. The van der Waals surface area contributed by atoms with Crippen LogP contribution in [0.5, 0.6) is 0 Å². The van der Waals surface area contributed by atoms with Crippen molar-refractivity contribution in [1.29, 1.82) is 0 Å². The molecule has 1 saturated carbocycles. The van der Waals surface area contributed by atoms with Gasteiger partial charge in [0, 0.05) is 6.04 Å². The third kappa shape index (κ3) is 1.32. The van der Waals surface area contributed by atoms with E-state index in [1.807, 2.05) is 0 Å². The highest BCUT2D eigenvalue weighted by molar-refractivity contribution is 5.73. The number of hydrogen-bond donors (Lipinski definition) is 2. The molecular weight excluding hydrogens is 158 g/mol. The van der Waals surface area contributed by atoms with Gasteiger partial charge in [-0.1, -0.05) is 0 Å². The largest absolute Gasteiger partial charge is 0.480 e. The standard InChI is InChI=1S/C8H13NO3/c10-8(11)6-4-12-7-3-1-2-5(7)9-6/h5-7,9H,1-4H2,(H,10,11). The second-order valence-corrected chi connectivity index (χ2v) is 3.47. The van der Waals surface area contributed by atoms with Crippen LogP contribution in [0.25, 0.3) is 0 Å². The number of rotatable bonds is 1. The van der Waals surface area contributed by atoms with E-state index in [9.17, 15) is 4.79 Å². The minimum absolute atomic E-state index is 0.264. The summed E-state index contributed by atoms with van der Waals surface area (Å²) < 4.78 is 5.43. The van der Waals surface area contributed by atoms with Crippen molar-refractivity contribution in [2.24, 2.45) is 0 Å². The van der Waals surface area contributed by atoms with E-state index in [1.54, 1.807) is 0 Å². The predicted octanol–water partition coefficient (Wildman–Crippen LogP) is -0.0195. The lowest BCUT2D eigenvalue weighted by Crippen LogP contribution is -2.54. The second kappa shape index (κ2) is 3.03. The normalized spacial score (nSPS) is 40.8. The minimum atomic E-state index is -0.805. The zero-order valence-electron chi connectivity index (χ0n) is 6.82. The highest BCUT2D eigenvalue weighted by Crippen LogP contribution is 2.25. The number of aliphatic carboxylic acids is 1. The molecule has 3 atom stereocenters. The van der Waals surface area contributed by atoms with Gasteiger partial charge in [-0.3, -0.25) is 10.1 Å². The Morgan fingerprint density at radius 3 is 3.08 bits per heavy atom. The number of hydrogen-bond acceptors (Lipinski definition) is 3. The summed E-state index contributed by atoms with van der Waals surface area (Å²) in [6, 6.07) is -0.218. The Morgan fingerprint density at radius 2 is 2.33 bits per heavy atom. The molecule has 0 amide bonds. The van der Waals surface area contributed by atoms with Crippen molar-refractivity contribution in [2.45, 2.75) is 37.5 Å². The molecule has 1 saturated heterocycles. The molecule has 2 N–H and O–H groups in total. The molecule has 0 aromatic rings. The Hall–Kier alpha value is -0.610. The molecule has 2 fully saturated rings. The fraction of sp³-hybridized carbons (Fsp3) is 0.875. The lowest BCUT2D eigenvalue weighted by molar-refractivity contribution is -0.145. The summed E-state index contributed by atoms with van der Waals surface area (Å²) >= 11 is 0. The van der Waals surface area contributed by atoms with E-state index in [2.05, 4.69) is 5.32 Å². The number of carbonyl (C=O) groups is 1. The van der Waals surface area contributed by atoms with Gasteiger partial charge in [0.25, 0.3) is 0 Å². The van der Waals surface area contributed by atoms with Crippen molar-refractivity contribution in [2.75, 3.05) is 6.61 Å². The van der Waals surface area contributed by atoms with Crippen LogP contribution in [0, 0.1) is 0 Å². The van der Waals surface area contributed by atoms with Gasteiger partial charge < -0.3 is 9.84 Å². The van der Waals surface area contributed by atoms with Crippen molar-refractivity contribution in [3.63, 3.8) is 0 Å². The Morgan fingerprint density at radius 1 is 1.50 bits per heavy atom. The molecule has 2 aliphatic rings. The molecule has 0 aromatic carbocycles. The molecular formula is C8H13NO3. The van der Waals surface area contributed by atoms with Gasteiger partial charge >= 0.3 is 5.97 Å². The van der Waals surface area contributed by atoms with E-state index in [0.29, 0.717) is 6.61 Å². The van der Waals surface area contributed by atoms with Gasteiger partial charge in [0.15, 0.2) is 0 Å². The first-order chi connectivity index (χ1) is 5.77. The maximum Gasteiger partial charge on any atom is 0.323 e. The van der Waals surface area contributed by atoms with Crippen LogP contribution in [-0.2, 0) is 9.53 Å². The predicted molar refractivity (Wildman–Crippen MR) is 41.9 cm³/mol. The Bertz CT molecular complexity index is 195. The average molecular weight is 171 g/mol. The summed E-state index contributed by atoms with van der Waals surface area (Å²) in [5, 5.41) is 11.8. The van der Waals surface area contributed by atoms with E-state index in [1.165, 1.54) is 0 Å². The molecule has 4 nitrogen and oxygen atoms in total. The molecule has 0 radical (unpaired) electrons. The smallest absolute Gasteiger partial charge is 0.323 e. The first-order valence-corrected chi connectivity index (χ1v) is 4.38. The van der Waals surface area contributed by atoms with E-state index < -0.39 is 12.0 Å². The molecule has 68 valence electrons. The lowest BCUT2D eigenvalue weighted by atomic mass is 10.1. The van der Waals surface area contributed by atoms with Crippen molar-refractivity contribution < 1.29 is 14.6 Å². The van der Waals surface area contributed by atoms with Gasteiger partial charge in [0.1, 0.15) is 6.04 Å². The molecule has 12 heavy (non-hydrogen) atoms. The summed E-state index contributed by atoms with van der Waals surface area (Å²) in [6.07, 6.45) is 3.54. The van der Waals surface area contributed by atoms with Crippen molar-refractivity contribution in [3.05, 3.63) is 0 Å². The number of morpholine rings is 1. The molecule has 3 unspecified atom stereocenters. The third-order valence-electron chi connectivity index (χ3n) is 2.64. The number of carboxylic acids is 1. The Balaban J connectivity index is 1.96. The SMILES string of the molecule is O=C(O)C1COC2CCCC2N1. The molecule has 0 bridgehead atoms. The van der Waals surface area contributed by atoms with Crippen LogP contribution in [0.15, 0.2) is 0 Å². The molecule has 1 heterocycles. The maximum absolute atomic E-state index is 10.6. The lowest BCUT2D eigenvalue weighted by Gasteiger charge is -2.31. The number of ether oxygens (including phenoxy) is 1. The van der Waals surface area contributed by atoms with Gasteiger partial charge in [-0.15, -0.1) is 0 Å². The number of nitrogens with one attached hydrogen (secondary N) is 1. The van der Waals surface area contributed by atoms with Crippen LogP contribution in [0.2, 0.25) is 0 Å². The molecule has 2 rings (SSSR count). The minimum Gasteiger partial charge on any atom is -0.480 e. The van der Waals surface area contributed by atoms with Gasteiger partial charge in [-0.05, 0) is 19.3 Å². The summed E-state index contributed by atoms with van der Waals surface area (Å²) in [7, 11) is 0. The van der Waals surface area contributed by atoms with Gasteiger partial charge in [0.05, 0.1) is 12.7 Å². The van der Waals surface area contributed by atoms with Crippen LogP contribution in [0.1, 0.15) is 19.3 Å². The summed E-state index contributed by atoms with van der Waals surface area (Å²) in [4.78, 5) is 10.6. The monoisotopic (exact) mass is 171 g/mol. The van der Waals surface area contributed by atoms with Crippen LogP contribution < -0.4 is 5.32 Å². The zero-order valence-corrected chi connectivity index (χ0v) is 6.82. The van der Waals surface area contributed by atoms with Crippen molar-refractivity contribution >= 4 is 5.97 Å². The van der Waals surface area contributed by atoms with Gasteiger partial charge in [-0.25, -0.2) is 0 Å². The van der Waals surface area contributed by atoms with Crippen LogP contribution in [0.4, 0.5) is 0 Å². The maximum atomic E-state index is 10.6. The molecule has 1 aliphatic carbocycles. The fourth-order valence-corrected chi connectivity index (χ4v) is 1.99. The number of fused-ring (bicyclic) bond motifs is 1. The van der Waals surface area contributed by atoms with Crippen LogP contribution in [0.3, 0.4) is 0 Å². The van der Waals surface area contributed by atoms with E-state index in [-0.39, 0.29) is 12.1 Å². The van der Waals surface area contributed by atoms with Gasteiger partial charge in [-0.2, -0.15) is 0 Å². The Labute approximate surface area is 70.9 Å². The highest BCUT2D eigenvalue weighted by Gasteiger charge is 2.36. The molecule has 0 aromatic heterocycles. The average Bonchev–Trinajstić information content (AvgIpc) is 2.49. The summed E-state index contributed by atoms with van der Waals surface area (Å²) in [6.45, 7) is 0.316.